The van der Waals surface area contributed by atoms with Crippen LogP contribution in [0.25, 0.3) is 0 Å². The molecule has 1 fully saturated rings. The lowest BCUT2D eigenvalue weighted by Crippen LogP contribution is -2.41. The smallest absolute Gasteiger partial charge is 0.104 e. The zero-order valence-corrected chi connectivity index (χ0v) is 11.9. The zero-order valence-electron chi connectivity index (χ0n) is 11.9. The standard InChI is InChI=1S/C17H23NO/c1-14-6-4-10-18(15(14)2)13-17-8-3-7-16(12-17)9-5-11-19/h3,7-8,12,14-15,19H,4,6,10-11,13H2,1-2H3. The highest BCUT2D eigenvalue weighted by molar-refractivity contribution is 5.37. The molecule has 0 aromatic heterocycles. The Labute approximate surface area is 116 Å². The van der Waals surface area contributed by atoms with Crippen molar-refractivity contribution in [2.45, 2.75) is 39.3 Å². The SMILES string of the molecule is CC1CCCN(Cc2cccc(C#CCO)c2)C1C. The maximum absolute atomic E-state index is 8.74. The summed E-state index contributed by atoms with van der Waals surface area (Å²) in [5.74, 6) is 6.46. The van der Waals surface area contributed by atoms with Crippen LogP contribution in [0.15, 0.2) is 24.3 Å². The monoisotopic (exact) mass is 257 g/mol. The molecule has 1 aliphatic heterocycles. The fraction of sp³-hybridized carbons (Fsp3) is 0.529. The lowest BCUT2D eigenvalue weighted by atomic mass is 9.91. The number of hydrogen-bond donors (Lipinski definition) is 1. The number of likely N-dealkylation sites (tertiary alicyclic amines) is 1. The van der Waals surface area contributed by atoms with Gasteiger partial charge in [-0.25, -0.2) is 0 Å². The lowest BCUT2D eigenvalue weighted by molar-refractivity contribution is 0.106. The first-order valence-electron chi connectivity index (χ1n) is 7.13. The van der Waals surface area contributed by atoms with Gasteiger partial charge in [0.25, 0.3) is 0 Å². The first-order valence-corrected chi connectivity index (χ1v) is 7.13. The summed E-state index contributed by atoms with van der Waals surface area (Å²) in [5.41, 5.74) is 2.30. The minimum absolute atomic E-state index is 0.0785. The molecule has 1 aromatic carbocycles. The van der Waals surface area contributed by atoms with Gasteiger partial charge in [0.05, 0.1) is 0 Å². The first kappa shape index (κ1) is 14.1. The highest BCUT2D eigenvalue weighted by atomic mass is 16.2. The van der Waals surface area contributed by atoms with Crippen LogP contribution in [0, 0.1) is 17.8 Å². The summed E-state index contributed by atoms with van der Waals surface area (Å²) in [6.07, 6.45) is 2.65. The van der Waals surface area contributed by atoms with Gasteiger partial charge >= 0.3 is 0 Å². The second kappa shape index (κ2) is 6.75. The van der Waals surface area contributed by atoms with E-state index in [2.05, 4.69) is 48.8 Å². The van der Waals surface area contributed by atoms with Crippen LogP contribution in [0.4, 0.5) is 0 Å². The highest BCUT2D eigenvalue weighted by Crippen LogP contribution is 2.24. The molecule has 0 radical (unpaired) electrons. The number of rotatable bonds is 2. The molecular weight excluding hydrogens is 234 g/mol. The molecule has 0 amide bonds. The van der Waals surface area contributed by atoms with Crippen molar-refractivity contribution in [2.24, 2.45) is 5.92 Å². The largest absolute Gasteiger partial charge is 0.384 e. The Kier molecular flexibility index (Phi) is 5.01. The number of piperidine rings is 1. The van der Waals surface area contributed by atoms with Crippen molar-refractivity contribution in [3.63, 3.8) is 0 Å². The summed E-state index contributed by atoms with van der Waals surface area (Å²) in [7, 11) is 0. The van der Waals surface area contributed by atoms with E-state index < -0.39 is 0 Å². The van der Waals surface area contributed by atoms with Crippen LogP contribution in [0.1, 0.15) is 37.8 Å². The summed E-state index contributed by atoms with van der Waals surface area (Å²) in [5, 5.41) is 8.74. The van der Waals surface area contributed by atoms with Gasteiger partial charge in [-0.2, -0.15) is 0 Å². The van der Waals surface area contributed by atoms with E-state index >= 15 is 0 Å². The minimum atomic E-state index is -0.0785. The zero-order chi connectivity index (χ0) is 13.7. The van der Waals surface area contributed by atoms with Crippen LogP contribution < -0.4 is 0 Å². The number of aliphatic hydroxyl groups is 1. The molecule has 2 heteroatoms. The Bertz CT molecular complexity index is 472. The van der Waals surface area contributed by atoms with Crippen molar-refractivity contribution in [1.82, 2.24) is 4.90 Å². The van der Waals surface area contributed by atoms with Crippen molar-refractivity contribution in [3.05, 3.63) is 35.4 Å². The van der Waals surface area contributed by atoms with Gasteiger partial charge in [0.15, 0.2) is 0 Å². The van der Waals surface area contributed by atoms with Gasteiger partial charge in [0, 0.05) is 18.2 Å². The molecule has 2 rings (SSSR count). The summed E-state index contributed by atoms with van der Waals surface area (Å²) in [6, 6.07) is 8.99. The van der Waals surface area contributed by atoms with E-state index in [1.165, 1.54) is 24.9 Å². The van der Waals surface area contributed by atoms with Gasteiger partial charge in [-0.1, -0.05) is 30.9 Å². The van der Waals surface area contributed by atoms with Crippen LogP contribution in [-0.4, -0.2) is 29.2 Å². The summed E-state index contributed by atoms with van der Waals surface area (Å²) >= 11 is 0. The van der Waals surface area contributed by atoms with Gasteiger partial charge in [0.2, 0.25) is 0 Å². The Morgan fingerprint density at radius 2 is 2.21 bits per heavy atom. The summed E-state index contributed by atoms with van der Waals surface area (Å²) in [6.45, 7) is 6.79. The van der Waals surface area contributed by atoms with Crippen LogP contribution in [0.3, 0.4) is 0 Å². The molecular formula is C17H23NO. The van der Waals surface area contributed by atoms with E-state index in [1.54, 1.807) is 0 Å². The molecule has 1 heterocycles. The average molecular weight is 257 g/mol. The van der Waals surface area contributed by atoms with Crippen LogP contribution in [-0.2, 0) is 6.54 Å². The second-order valence-electron chi connectivity index (χ2n) is 5.49. The molecule has 1 N–H and O–H groups in total. The molecule has 2 nitrogen and oxygen atoms in total. The maximum Gasteiger partial charge on any atom is 0.104 e. The number of hydrogen-bond acceptors (Lipinski definition) is 2. The van der Waals surface area contributed by atoms with Gasteiger partial charge in [0.1, 0.15) is 6.61 Å². The molecule has 1 aliphatic rings. The van der Waals surface area contributed by atoms with E-state index in [-0.39, 0.29) is 6.61 Å². The normalized spacial score (nSPS) is 23.7. The minimum Gasteiger partial charge on any atom is -0.384 e. The van der Waals surface area contributed by atoms with Crippen molar-refractivity contribution < 1.29 is 5.11 Å². The van der Waals surface area contributed by atoms with E-state index in [4.69, 9.17) is 5.11 Å². The van der Waals surface area contributed by atoms with E-state index in [0.717, 1.165) is 18.0 Å². The Hall–Kier alpha value is -1.30. The molecule has 0 spiro atoms. The molecule has 0 bridgehead atoms. The average Bonchev–Trinajstić information content (AvgIpc) is 2.42. The Balaban J connectivity index is 2.06. The topological polar surface area (TPSA) is 23.5 Å². The molecule has 0 saturated carbocycles. The van der Waals surface area contributed by atoms with E-state index in [9.17, 15) is 0 Å². The van der Waals surface area contributed by atoms with E-state index in [1.807, 2.05) is 6.07 Å². The Morgan fingerprint density at radius 1 is 1.37 bits per heavy atom. The van der Waals surface area contributed by atoms with Crippen molar-refractivity contribution in [1.29, 1.82) is 0 Å². The predicted molar refractivity (Wildman–Crippen MR) is 78.7 cm³/mol. The van der Waals surface area contributed by atoms with Crippen LogP contribution >= 0.6 is 0 Å². The highest BCUT2D eigenvalue weighted by Gasteiger charge is 2.24. The van der Waals surface area contributed by atoms with Gasteiger partial charge in [-0.15, -0.1) is 0 Å². The molecule has 1 aromatic rings. The molecule has 102 valence electrons. The van der Waals surface area contributed by atoms with Crippen molar-refractivity contribution in [3.8, 4) is 11.8 Å². The van der Waals surface area contributed by atoms with Crippen molar-refractivity contribution >= 4 is 0 Å². The quantitative estimate of drug-likeness (QED) is 0.823. The van der Waals surface area contributed by atoms with Crippen molar-refractivity contribution in [2.75, 3.05) is 13.2 Å². The molecule has 0 aliphatic carbocycles. The fourth-order valence-electron chi connectivity index (χ4n) is 2.77. The predicted octanol–water partition coefficient (Wildman–Crippen LogP) is 2.65. The maximum atomic E-state index is 8.74. The van der Waals surface area contributed by atoms with Crippen LogP contribution in [0.2, 0.25) is 0 Å². The van der Waals surface area contributed by atoms with Gasteiger partial charge in [-0.05, 0) is 49.9 Å². The summed E-state index contributed by atoms with van der Waals surface area (Å²) in [4.78, 5) is 2.56. The fourth-order valence-corrected chi connectivity index (χ4v) is 2.77. The van der Waals surface area contributed by atoms with Gasteiger partial charge in [-0.3, -0.25) is 4.90 Å². The molecule has 2 unspecified atom stereocenters. The third kappa shape index (κ3) is 3.83. The van der Waals surface area contributed by atoms with Crippen LogP contribution in [0.5, 0.6) is 0 Å². The Morgan fingerprint density at radius 3 is 3.00 bits per heavy atom. The van der Waals surface area contributed by atoms with E-state index in [0.29, 0.717) is 6.04 Å². The lowest BCUT2D eigenvalue weighted by Gasteiger charge is -2.38. The number of aliphatic hydroxyl groups excluding tert-OH is 1. The third-order valence-corrected chi connectivity index (χ3v) is 4.13. The number of nitrogens with zero attached hydrogens (tertiary/aromatic N) is 1. The molecule has 2 atom stereocenters. The summed E-state index contributed by atoms with van der Waals surface area (Å²) < 4.78 is 0. The molecule has 19 heavy (non-hydrogen) atoms. The number of benzene rings is 1. The second-order valence-corrected chi connectivity index (χ2v) is 5.49. The third-order valence-electron chi connectivity index (χ3n) is 4.13. The first-order chi connectivity index (χ1) is 9.20. The molecule has 1 saturated heterocycles. The van der Waals surface area contributed by atoms with Gasteiger partial charge < -0.3 is 5.11 Å².